The third-order valence-corrected chi connectivity index (χ3v) is 9.05. The smallest absolute Gasteiger partial charge is 0.307 e. The van der Waals surface area contributed by atoms with Crippen molar-refractivity contribution in [2.75, 3.05) is 31.1 Å². The standard InChI is InChI=1S/C26H27ClN4O2S2/c1-15(2)30-8-10-31(11-9-30)21-14-28-25(34-21)26-29-20-12-16(3)19(13-22(32)33)23(24(20)35-26)17-4-6-18(27)7-5-17/h4-7,12,14-15H,8-11,13H2,1-3H3,(H,32,33). The maximum Gasteiger partial charge on any atom is 0.307 e. The Morgan fingerprint density at radius 1 is 1.11 bits per heavy atom. The van der Waals surface area contributed by atoms with Gasteiger partial charge in [0.1, 0.15) is 5.00 Å². The number of nitrogens with zero attached hydrogens (tertiary/aromatic N) is 4. The fourth-order valence-corrected chi connectivity index (χ4v) is 6.86. The molecule has 0 spiro atoms. The molecule has 182 valence electrons. The highest BCUT2D eigenvalue weighted by atomic mass is 35.5. The highest BCUT2D eigenvalue weighted by Gasteiger charge is 2.23. The van der Waals surface area contributed by atoms with Gasteiger partial charge in [0.15, 0.2) is 10.0 Å². The monoisotopic (exact) mass is 526 g/mol. The van der Waals surface area contributed by atoms with E-state index in [4.69, 9.17) is 21.6 Å². The summed E-state index contributed by atoms with van der Waals surface area (Å²) in [5.41, 5.74) is 4.46. The Hall–Kier alpha value is -2.52. The van der Waals surface area contributed by atoms with Crippen molar-refractivity contribution in [2.45, 2.75) is 33.2 Å². The van der Waals surface area contributed by atoms with Crippen LogP contribution in [-0.2, 0) is 11.2 Å². The average Bonchev–Trinajstić information content (AvgIpc) is 3.47. The van der Waals surface area contributed by atoms with Crippen LogP contribution in [-0.4, -0.2) is 58.2 Å². The van der Waals surface area contributed by atoms with Crippen molar-refractivity contribution in [1.29, 1.82) is 0 Å². The molecule has 3 heterocycles. The number of piperazine rings is 1. The largest absolute Gasteiger partial charge is 0.481 e. The molecule has 0 amide bonds. The first kappa shape index (κ1) is 24.2. The van der Waals surface area contributed by atoms with Crippen LogP contribution in [0.15, 0.2) is 36.5 Å². The Balaban J connectivity index is 1.53. The number of carboxylic acid groups (broad SMARTS) is 1. The van der Waals surface area contributed by atoms with Gasteiger partial charge >= 0.3 is 5.97 Å². The number of anilines is 1. The summed E-state index contributed by atoms with van der Waals surface area (Å²) in [5.74, 6) is -0.852. The lowest BCUT2D eigenvalue weighted by Crippen LogP contribution is -2.48. The first-order valence-corrected chi connectivity index (χ1v) is 13.7. The van der Waals surface area contributed by atoms with Crippen molar-refractivity contribution in [3.05, 3.63) is 52.7 Å². The molecule has 1 aliphatic heterocycles. The van der Waals surface area contributed by atoms with E-state index in [2.05, 4.69) is 23.6 Å². The normalized spacial score (nSPS) is 14.8. The van der Waals surface area contributed by atoms with Gasteiger partial charge in [-0.25, -0.2) is 9.97 Å². The first-order chi connectivity index (χ1) is 16.8. The van der Waals surface area contributed by atoms with Gasteiger partial charge in [-0.3, -0.25) is 9.69 Å². The second-order valence-electron chi connectivity index (χ2n) is 9.11. The van der Waals surface area contributed by atoms with Gasteiger partial charge < -0.3 is 10.0 Å². The Morgan fingerprint density at radius 3 is 2.49 bits per heavy atom. The average molecular weight is 527 g/mol. The molecule has 2 aromatic carbocycles. The SMILES string of the molecule is Cc1cc2nc(-c3ncc(N4CCN(C(C)C)CC4)s3)sc2c(-c2ccc(Cl)cc2)c1CC(=O)O. The van der Waals surface area contributed by atoms with Crippen LogP contribution in [0, 0.1) is 6.92 Å². The number of benzene rings is 2. The highest BCUT2D eigenvalue weighted by Crippen LogP contribution is 2.42. The molecule has 1 N–H and O–H groups in total. The lowest BCUT2D eigenvalue weighted by atomic mass is 9.93. The van der Waals surface area contributed by atoms with Crippen molar-refractivity contribution < 1.29 is 9.90 Å². The Kier molecular flexibility index (Phi) is 6.81. The van der Waals surface area contributed by atoms with Crippen molar-refractivity contribution in [2.24, 2.45) is 0 Å². The van der Waals surface area contributed by atoms with Crippen LogP contribution in [0.4, 0.5) is 5.00 Å². The van der Waals surface area contributed by atoms with Gasteiger partial charge in [0.2, 0.25) is 0 Å². The fraction of sp³-hybridized carbons (Fsp3) is 0.346. The molecule has 0 atom stereocenters. The molecule has 0 saturated carbocycles. The molecule has 35 heavy (non-hydrogen) atoms. The second kappa shape index (κ2) is 9.85. The zero-order chi connectivity index (χ0) is 24.7. The summed E-state index contributed by atoms with van der Waals surface area (Å²) in [7, 11) is 0. The van der Waals surface area contributed by atoms with E-state index in [1.165, 1.54) is 5.00 Å². The molecule has 6 nitrogen and oxygen atoms in total. The number of fused-ring (bicyclic) bond motifs is 1. The summed E-state index contributed by atoms with van der Waals surface area (Å²) in [6.07, 6.45) is 1.91. The number of halogens is 1. The number of hydrogen-bond acceptors (Lipinski definition) is 7. The zero-order valence-electron chi connectivity index (χ0n) is 19.9. The summed E-state index contributed by atoms with van der Waals surface area (Å²) < 4.78 is 0.978. The second-order valence-corrected chi connectivity index (χ2v) is 11.6. The quantitative estimate of drug-likeness (QED) is 0.322. The van der Waals surface area contributed by atoms with Crippen LogP contribution < -0.4 is 4.90 Å². The van der Waals surface area contributed by atoms with Gasteiger partial charge in [-0.1, -0.05) is 35.1 Å². The molecular weight excluding hydrogens is 500 g/mol. The van der Waals surface area contributed by atoms with E-state index in [-0.39, 0.29) is 6.42 Å². The van der Waals surface area contributed by atoms with E-state index in [0.717, 1.165) is 68.7 Å². The molecule has 0 radical (unpaired) electrons. The molecule has 2 aromatic heterocycles. The van der Waals surface area contributed by atoms with E-state index in [9.17, 15) is 9.90 Å². The molecule has 1 fully saturated rings. The van der Waals surface area contributed by atoms with Crippen molar-refractivity contribution >= 4 is 55.5 Å². The third-order valence-electron chi connectivity index (χ3n) is 6.51. The number of aryl methyl sites for hydroxylation is 1. The molecule has 0 aliphatic carbocycles. The minimum atomic E-state index is -0.852. The predicted octanol–water partition coefficient (Wildman–Crippen LogP) is 6.21. The third kappa shape index (κ3) is 4.93. The molecule has 0 bridgehead atoms. The summed E-state index contributed by atoms with van der Waals surface area (Å²) in [6.45, 7) is 10.6. The summed E-state index contributed by atoms with van der Waals surface area (Å²) >= 11 is 9.38. The van der Waals surface area contributed by atoms with Crippen LogP contribution in [0.2, 0.25) is 5.02 Å². The topological polar surface area (TPSA) is 69.6 Å². The molecule has 1 saturated heterocycles. The van der Waals surface area contributed by atoms with E-state index in [0.29, 0.717) is 11.1 Å². The van der Waals surface area contributed by atoms with Crippen LogP contribution in [0.5, 0.6) is 0 Å². The Labute approximate surface area is 217 Å². The van der Waals surface area contributed by atoms with Crippen molar-refractivity contribution in [3.63, 3.8) is 0 Å². The fourth-order valence-electron chi connectivity index (χ4n) is 4.60. The van der Waals surface area contributed by atoms with Gasteiger partial charge in [-0.15, -0.1) is 11.3 Å². The number of thiazole rings is 2. The highest BCUT2D eigenvalue weighted by molar-refractivity contribution is 7.26. The number of aromatic nitrogens is 2. The van der Waals surface area contributed by atoms with E-state index < -0.39 is 5.97 Å². The van der Waals surface area contributed by atoms with E-state index in [1.54, 1.807) is 22.7 Å². The van der Waals surface area contributed by atoms with Crippen LogP contribution >= 0.6 is 34.3 Å². The maximum atomic E-state index is 11.7. The predicted molar refractivity (Wildman–Crippen MR) is 146 cm³/mol. The summed E-state index contributed by atoms with van der Waals surface area (Å²) in [4.78, 5) is 26.2. The minimum Gasteiger partial charge on any atom is -0.481 e. The number of carboxylic acids is 1. The van der Waals surface area contributed by atoms with Gasteiger partial charge in [-0.05, 0) is 55.7 Å². The number of hydrogen-bond donors (Lipinski definition) is 1. The summed E-state index contributed by atoms with van der Waals surface area (Å²) in [5, 5.41) is 13.2. The lowest BCUT2D eigenvalue weighted by molar-refractivity contribution is -0.136. The molecule has 0 unspecified atom stereocenters. The molecule has 5 rings (SSSR count). The minimum absolute atomic E-state index is 0.0449. The van der Waals surface area contributed by atoms with E-state index >= 15 is 0 Å². The molecule has 1 aliphatic rings. The Morgan fingerprint density at radius 2 is 1.83 bits per heavy atom. The molecule has 4 aromatic rings. The van der Waals surface area contributed by atoms with Gasteiger partial charge in [0.05, 0.1) is 22.8 Å². The number of aliphatic carboxylic acids is 1. The van der Waals surface area contributed by atoms with Gasteiger partial charge in [0.25, 0.3) is 0 Å². The Bertz CT molecular complexity index is 1370. The number of rotatable bonds is 6. The van der Waals surface area contributed by atoms with Crippen LogP contribution in [0.1, 0.15) is 25.0 Å². The van der Waals surface area contributed by atoms with Crippen molar-refractivity contribution in [1.82, 2.24) is 14.9 Å². The van der Waals surface area contributed by atoms with Crippen LogP contribution in [0.3, 0.4) is 0 Å². The molecular formula is C26H27ClN4O2S2. The van der Waals surface area contributed by atoms with Crippen LogP contribution in [0.25, 0.3) is 31.4 Å². The maximum absolute atomic E-state index is 11.7. The first-order valence-electron chi connectivity index (χ1n) is 11.7. The van der Waals surface area contributed by atoms with Gasteiger partial charge in [-0.2, -0.15) is 0 Å². The van der Waals surface area contributed by atoms with Gasteiger partial charge in [0, 0.05) is 42.8 Å². The van der Waals surface area contributed by atoms with E-state index in [1.807, 2.05) is 43.5 Å². The lowest BCUT2D eigenvalue weighted by Gasteiger charge is -2.37. The molecule has 9 heteroatoms. The van der Waals surface area contributed by atoms with Crippen molar-refractivity contribution in [3.8, 4) is 21.1 Å². The number of carbonyl (C=O) groups is 1. The zero-order valence-corrected chi connectivity index (χ0v) is 22.3. The summed E-state index contributed by atoms with van der Waals surface area (Å²) in [6, 6.07) is 10.1.